The lowest BCUT2D eigenvalue weighted by molar-refractivity contribution is 0.512. The van der Waals surface area contributed by atoms with Gasteiger partial charge in [0, 0.05) is 0 Å². The van der Waals surface area contributed by atoms with E-state index in [0.29, 0.717) is 0 Å². The van der Waals surface area contributed by atoms with Crippen LogP contribution >= 0.6 is 0 Å². The highest BCUT2D eigenvalue weighted by molar-refractivity contribution is 5.32. The largest absolute Gasteiger partial charge is 0.103 e. The third-order valence-corrected chi connectivity index (χ3v) is 3.33. The van der Waals surface area contributed by atoms with E-state index in [1.807, 2.05) is 6.08 Å². The van der Waals surface area contributed by atoms with Crippen LogP contribution in [0.25, 0.3) is 0 Å². The summed E-state index contributed by atoms with van der Waals surface area (Å²) in [5.74, 6) is 0.755. The van der Waals surface area contributed by atoms with E-state index < -0.39 is 0 Å². The number of hydrogen-bond donors (Lipinski definition) is 0. The van der Waals surface area contributed by atoms with Crippen LogP contribution in [0, 0.1) is 12.8 Å². The average Bonchev–Trinajstić information content (AvgIpc) is 2.30. The van der Waals surface area contributed by atoms with Crippen LogP contribution in [0.4, 0.5) is 0 Å². The molecule has 0 radical (unpaired) electrons. The fourth-order valence-electron chi connectivity index (χ4n) is 2.22. The predicted molar refractivity (Wildman–Crippen MR) is 72.9 cm³/mol. The summed E-state index contributed by atoms with van der Waals surface area (Å²) >= 11 is 0. The molecule has 0 aliphatic rings. The lowest BCUT2D eigenvalue weighted by Gasteiger charge is -2.15. The van der Waals surface area contributed by atoms with E-state index >= 15 is 0 Å². The maximum Gasteiger partial charge on any atom is -0.0245 e. The Balaban J connectivity index is 2.82. The van der Waals surface area contributed by atoms with Crippen LogP contribution in [0.15, 0.2) is 30.9 Å². The Morgan fingerprint density at radius 2 is 2.00 bits per heavy atom. The first-order valence-corrected chi connectivity index (χ1v) is 6.40. The standard InChI is InChI=1S/C16H24/c1-5-8-14(6-2)12-16-10-9-13(4)11-15(16)7-3/h5,9-11,14H,1,6-8,12H2,2-4H3. The minimum atomic E-state index is 0.755. The highest BCUT2D eigenvalue weighted by Crippen LogP contribution is 2.20. The second kappa shape index (κ2) is 6.52. The topological polar surface area (TPSA) is 0 Å². The SMILES string of the molecule is C=CCC(CC)Cc1ccc(C)cc1CC. The molecule has 1 atom stereocenters. The molecule has 0 fully saturated rings. The quantitative estimate of drug-likeness (QED) is 0.604. The van der Waals surface area contributed by atoms with Gasteiger partial charge in [-0.25, -0.2) is 0 Å². The van der Waals surface area contributed by atoms with Gasteiger partial charge in [-0.15, -0.1) is 6.58 Å². The second-order valence-electron chi connectivity index (χ2n) is 4.63. The summed E-state index contributed by atoms with van der Waals surface area (Å²) in [5.41, 5.74) is 4.42. The Labute approximate surface area is 100 Å². The van der Waals surface area contributed by atoms with Crippen molar-refractivity contribution in [3.05, 3.63) is 47.5 Å². The van der Waals surface area contributed by atoms with Gasteiger partial charge in [0.15, 0.2) is 0 Å². The van der Waals surface area contributed by atoms with Crippen molar-refractivity contribution in [2.75, 3.05) is 0 Å². The summed E-state index contributed by atoms with van der Waals surface area (Å²) < 4.78 is 0. The average molecular weight is 216 g/mol. The summed E-state index contributed by atoms with van der Waals surface area (Å²) in [6.07, 6.45) is 6.76. The number of allylic oxidation sites excluding steroid dienone is 1. The summed E-state index contributed by atoms with van der Waals surface area (Å²) in [4.78, 5) is 0. The Morgan fingerprint density at radius 1 is 1.25 bits per heavy atom. The summed E-state index contributed by atoms with van der Waals surface area (Å²) in [6.45, 7) is 10.5. The van der Waals surface area contributed by atoms with E-state index in [-0.39, 0.29) is 0 Å². The molecule has 0 spiro atoms. The van der Waals surface area contributed by atoms with Gasteiger partial charge in [0.2, 0.25) is 0 Å². The molecule has 0 aliphatic carbocycles. The van der Waals surface area contributed by atoms with Gasteiger partial charge in [0.1, 0.15) is 0 Å². The molecule has 0 nitrogen and oxygen atoms in total. The van der Waals surface area contributed by atoms with Crippen molar-refractivity contribution < 1.29 is 0 Å². The molecule has 1 aromatic carbocycles. The highest BCUT2D eigenvalue weighted by Gasteiger charge is 2.08. The summed E-state index contributed by atoms with van der Waals surface area (Å²) in [7, 11) is 0. The van der Waals surface area contributed by atoms with Crippen molar-refractivity contribution in [2.45, 2.75) is 46.5 Å². The van der Waals surface area contributed by atoms with Crippen molar-refractivity contribution >= 4 is 0 Å². The molecule has 1 rings (SSSR count). The zero-order valence-electron chi connectivity index (χ0n) is 10.9. The normalized spacial score (nSPS) is 12.4. The molecule has 0 aliphatic heterocycles. The van der Waals surface area contributed by atoms with Gasteiger partial charge in [-0.2, -0.15) is 0 Å². The van der Waals surface area contributed by atoms with Gasteiger partial charge in [0.05, 0.1) is 0 Å². The number of aryl methyl sites for hydroxylation is 2. The molecule has 0 amide bonds. The van der Waals surface area contributed by atoms with E-state index in [4.69, 9.17) is 0 Å². The number of benzene rings is 1. The van der Waals surface area contributed by atoms with Crippen LogP contribution in [0.1, 0.15) is 43.4 Å². The first-order chi connectivity index (χ1) is 7.71. The zero-order valence-corrected chi connectivity index (χ0v) is 10.9. The van der Waals surface area contributed by atoms with Gasteiger partial charge < -0.3 is 0 Å². The highest BCUT2D eigenvalue weighted by atomic mass is 14.1. The van der Waals surface area contributed by atoms with Crippen LogP contribution in [-0.4, -0.2) is 0 Å². The molecule has 0 saturated carbocycles. The molecule has 1 unspecified atom stereocenters. The van der Waals surface area contributed by atoms with E-state index in [2.05, 4.69) is 45.5 Å². The Kier molecular flexibility index (Phi) is 5.31. The van der Waals surface area contributed by atoms with Gasteiger partial charge in [-0.3, -0.25) is 0 Å². The minimum Gasteiger partial charge on any atom is -0.103 e. The van der Waals surface area contributed by atoms with Crippen LogP contribution in [0.2, 0.25) is 0 Å². The van der Waals surface area contributed by atoms with E-state index in [1.165, 1.54) is 29.5 Å². The van der Waals surface area contributed by atoms with Crippen LogP contribution in [0.5, 0.6) is 0 Å². The fraction of sp³-hybridized carbons (Fsp3) is 0.500. The monoisotopic (exact) mass is 216 g/mol. The van der Waals surface area contributed by atoms with Crippen LogP contribution < -0.4 is 0 Å². The smallest absolute Gasteiger partial charge is 0.0245 e. The lowest BCUT2D eigenvalue weighted by atomic mass is 9.90. The van der Waals surface area contributed by atoms with Crippen LogP contribution in [0.3, 0.4) is 0 Å². The Hall–Kier alpha value is -1.04. The second-order valence-corrected chi connectivity index (χ2v) is 4.63. The van der Waals surface area contributed by atoms with Gasteiger partial charge in [0.25, 0.3) is 0 Å². The maximum atomic E-state index is 3.85. The first-order valence-electron chi connectivity index (χ1n) is 6.40. The molecule has 0 N–H and O–H groups in total. The molecule has 0 saturated heterocycles. The zero-order chi connectivity index (χ0) is 12.0. The maximum absolute atomic E-state index is 3.85. The van der Waals surface area contributed by atoms with E-state index in [0.717, 1.165) is 18.8 Å². The third-order valence-electron chi connectivity index (χ3n) is 3.33. The van der Waals surface area contributed by atoms with Gasteiger partial charge in [-0.05, 0) is 43.2 Å². The van der Waals surface area contributed by atoms with Crippen molar-refractivity contribution in [1.82, 2.24) is 0 Å². The van der Waals surface area contributed by atoms with E-state index in [1.54, 1.807) is 0 Å². The Morgan fingerprint density at radius 3 is 2.56 bits per heavy atom. The van der Waals surface area contributed by atoms with Gasteiger partial charge in [-0.1, -0.05) is 50.1 Å². The van der Waals surface area contributed by atoms with E-state index in [9.17, 15) is 0 Å². The number of rotatable bonds is 6. The van der Waals surface area contributed by atoms with Crippen molar-refractivity contribution in [2.24, 2.45) is 5.92 Å². The van der Waals surface area contributed by atoms with Crippen molar-refractivity contribution in [3.63, 3.8) is 0 Å². The molecule has 1 aromatic rings. The molecule has 0 aromatic heterocycles. The van der Waals surface area contributed by atoms with Crippen molar-refractivity contribution in [3.8, 4) is 0 Å². The lowest BCUT2D eigenvalue weighted by Crippen LogP contribution is -2.04. The molecular formula is C16H24. The Bertz CT molecular complexity index is 336. The minimum absolute atomic E-state index is 0.755. The van der Waals surface area contributed by atoms with Crippen LogP contribution in [-0.2, 0) is 12.8 Å². The molecule has 88 valence electrons. The first kappa shape index (κ1) is 13.0. The van der Waals surface area contributed by atoms with Crippen molar-refractivity contribution in [1.29, 1.82) is 0 Å². The summed E-state index contributed by atoms with van der Waals surface area (Å²) in [5, 5.41) is 0. The van der Waals surface area contributed by atoms with Gasteiger partial charge >= 0.3 is 0 Å². The molecule has 0 bridgehead atoms. The molecule has 0 heterocycles. The fourth-order valence-corrected chi connectivity index (χ4v) is 2.22. The predicted octanol–water partition coefficient (Wildman–Crippen LogP) is 4.70. The summed E-state index contributed by atoms with van der Waals surface area (Å²) in [6, 6.07) is 6.87. The number of hydrogen-bond acceptors (Lipinski definition) is 0. The molecule has 0 heteroatoms. The molecule has 16 heavy (non-hydrogen) atoms. The third kappa shape index (κ3) is 3.52. The molecular weight excluding hydrogens is 192 g/mol.